The van der Waals surface area contributed by atoms with Crippen LogP contribution < -0.4 is 15.2 Å². The molecule has 0 bridgehead atoms. The van der Waals surface area contributed by atoms with Gasteiger partial charge < -0.3 is 20.1 Å². The van der Waals surface area contributed by atoms with Gasteiger partial charge >= 0.3 is 0 Å². The third-order valence-electron chi connectivity index (χ3n) is 3.81. The molecule has 5 heteroatoms. The maximum atomic E-state index is 12.0. The average molecular weight is 342 g/mol. The number of amides is 1. The Morgan fingerprint density at radius 1 is 1.12 bits per heavy atom. The fourth-order valence-electron chi connectivity index (χ4n) is 2.46. The highest BCUT2D eigenvalue weighted by atomic mass is 16.5. The van der Waals surface area contributed by atoms with E-state index in [2.05, 4.69) is 0 Å². The highest BCUT2D eigenvalue weighted by molar-refractivity contribution is 5.76. The Hall–Kier alpha value is -2.53. The average Bonchev–Trinajstić information content (AvgIpc) is 2.60. The molecule has 2 N–H and O–H groups in total. The van der Waals surface area contributed by atoms with Crippen molar-refractivity contribution >= 4 is 5.91 Å². The van der Waals surface area contributed by atoms with Crippen molar-refractivity contribution in [2.75, 3.05) is 14.2 Å². The molecule has 0 aliphatic carbocycles. The predicted octanol–water partition coefficient (Wildman–Crippen LogP) is 2.97. The van der Waals surface area contributed by atoms with Crippen LogP contribution in [0.2, 0.25) is 0 Å². The first-order valence-corrected chi connectivity index (χ1v) is 8.32. The summed E-state index contributed by atoms with van der Waals surface area (Å²) in [5, 5.41) is 0. The fourth-order valence-corrected chi connectivity index (χ4v) is 2.46. The van der Waals surface area contributed by atoms with Gasteiger partial charge in [-0.3, -0.25) is 4.79 Å². The van der Waals surface area contributed by atoms with Crippen LogP contribution in [0.15, 0.2) is 48.5 Å². The molecule has 25 heavy (non-hydrogen) atoms. The summed E-state index contributed by atoms with van der Waals surface area (Å²) >= 11 is 0. The molecule has 1 atom stereocenters. The molecule has 0 heterocycles. The molecule has 0 saturated carbocycles. The summed E-state index contributed by atoms with van der Waals surface area (Å²) in [4.78, 5) is 13.7. The van der Waals surface area contributed by atoms with E-state index in [-0.39, 0.29) is 11.9 Å². The minimum atomic E-state index is -0.141. The molecule has 5 nitrogen and oxygen atoms in total. The standard InChI is InChI=1S/C20H26N2O3/c1-15(21)11-20(23)22(2)13-17-9-10-18(19(12-17)24-3)25-14-16-7-5-4-6-8-16/h4-10,12,15H,11,13-14,21H2,1-3H3. The zero-order valence-electron chi connectivity index (χ0n) is 15.1. The van der Waals surface area contributed by atoms with Crippen molar-refractivity contribution in [2.24, 2.45) is 5.73 Å². The van der Waals surface area contributed by atoms with Crippen molar-refractivity contribution in [1.82, 2.24) is 4.90 Å². The van der Waals surface area contributed by atoms with Crippen LogP contribution in [0, 0.1) is 0 Å². The van der Waals surface area contributed by atoms with E-state index in [1.807, 2.05) is 55.5 Å². The molecular weight excluding hydrogens is 316 g/mol. The van der Waals surface area contributed by atoms with Gasteiger partial charge in [-0.1, -0.05) is 36.4 Å². The summed E-state index contributed by atoms with van der Waals surface area (Å²) in [6, 6.07) is 15.5. The van der Waals surface area contributed by atoms with E-state index < -0.39 is 0 Å². The van der Waals surface area contributed by atoms with Crippen LogP contribution >= 0.6 is 0 Å². The number of hydrogen-bond acceptors (Lipinski definition) is 4. The third-order valence-corrected chi connectivity index (χ3v) is 3.81. The number of carbonyl (C=O) groups is 1. The summed E-state index contributed by atoms with van der Waals surface area (Å²) in [7, 11) is 3.39. The Bertz CT molecular complexity index is 687. The third kappa shape index (κ3) is 5.80. The van der Waals surface area contributed by atoms with Gasteiger partial charge in [-0.25, -0.2) is 0 Å². The first-order valence-electron chi connectivity index (χ1n) is 8.32. The van der Waals surface area contributed by atoms with E-state index in [1.165, 1.54) is 0 Å². The Balaban J connectivity index is 2.02. The molecule has 0 radical (unpaired) electrons. The summed E-state index contributed by atoms with van der Waals surface area (Å²) < 4.78 is 11.3. The number of carbonyl (C=O) groups excluding carboxylic acids is 1. The topological polar surface area (TPSA) is 64.8 Å². The number of ether oxygens (including phenoxy) is 2. The summed E-state index contributed by atoms with van der Waals surface area (Å²) in [5.41, 5.74) is 7.76. The minimum Gasteiger partial charge on any atom is -0.493 e. The fraction of sp³-hybridized carbons (Fsp3) is 0.350. The normalized spacial score (nSPS) is 11.7. The van der Waals surface area contributed by atoms with E-state index in [0.717, 1.165) is 11.1 Å². The van der Waals surface area contributed by atoms with E-state index in [4.69, 9.17) is 15.2 Å². The zero-order valence-corrected chi connectivity index (χ0v) is 15.1. The lowest BCUT2D eigenvalue weighted by Crippen LogP contribution is -2.31. The Morgan fingerprint density at radius 3 is 2.48 bits per heavy atom. The smallest absolute Gasteiger partial charge is 0.224 e. The molecule has 2 aromatic rings. The number of methoxy groups -OCH3 is 1. The van der Waals surface area contributed by atoms with E-state index in [0.29, 0.717) is 31.1 Å². The van der Waals surface area contributed by atoms with Crippen molar-refractivity contribution in [1.29, 1.82) is 0 Å². The van der Waals surface area contributed by atoms with E-state index in [9.17, 15) is 4.79 Å². The molecule has 134 valence electrons. The van der Waals surface area contributed by atoms with Crippen LogP contribution in [-0.4, -0.2) is 31.0 Å². The minimum absolute atomic E-state index is 0.0263. The van der Waals surface area contributed by atoms with Gasteiger partial charge in [-0.15, -0.1) is 0 Å². The van der Waals surface area contributed by atoms with Gasteiger partial charge in [-0.05, 0) is 30.2 Å². The van der Waals surface area contributed by atoms with Gasteiger partial charge in [0.1, 0.15) is 6.61 Å². The van der Waals surface area contributed by atoms with Crippen molar-refractivity contribution in [3.8, 4) is 11.5 Å². The largest absolute Gasteiger partial charge is 0.493 e. The van der Waals surface area contributed by atoms with Crippen LogP contribution in [0.25, 0.3) is 0 Å². The number of rotatable bonds is 8. The van der Waals surface area contributed by atoms with Crippen LogP contribution in [-0.2, 0) is 17.9 Å². The molecule has 0 aromatic heterocycles. The van der Waals surface area contributed by atoms with Gasteiger partial charge in [0.25, 0.3) is 0 Å². The molecule has 0 aliphatic heterocycles. The number of nitrogens with two attached hydrogens (primary N) is 1. The lowest BCUT2D eigenvalue weighted by Gasteiger charge is -2.19. The monoisotopic (exact) mass is 342 g/mol. The predicted molar refractivity (Wildman–Crippen MR) is 98.5 cm³/mol. The molecular formula is C20H26N2O3. The van der Waals surface area contributed by atoms with Gasteiger partial charge in [0.15, 0.2) is 11.5 Å². The number of hydrogen-bond donors (Lipinski definition) is 1. The molecule has 0 saturated heterocycles. The molecule has 0 fully saturated rings. The van der Waals surface area contributed by atoms with Crippen LogP contribution in [0.5, 0.6) is 11.5 Å². The Kier molecular flexibility index (Phi) is 6.83. The van der Waals surface area contributed by atoms with Gasteiger partial charge in [0, 0.05) is 26.1 Å². The Labute approximate surface area is 149 Å². The Morgan fingerprint density at radius 2 is 1.84 bits per heavy atom. The van der Waals surface area contributed by atoms with Crippen molar-refractivity contribution in [3.05, 3.63) is 59.7 Å². The van der Waals surface area contributed by atoms with Crippen LogP contribution in [0.1, 0.15) is 24.5 Å². The molecule has 1 unspecified atom stereocenters. The van der Waals surface area contributed by atoms with Gasteiger partial charge in [0.2, 0.25) is 5.91 Å². The lowest BCUT2D eigenvalue weighted by molar-refractivity contribution is -0.130. The van der Waals surface area contributed by atoms with Gasteiger partial charge in [-0.2, -0.15) is 0 Å². The highest BCUT2D eigenvalue weighted by Crippen LogP contribution is 2.29. The van der Waals surface area contributed by atoms with Crippen molar-refractivity contribution < 1.29 is 14.3 Å². The molecule has 2 aromatic carbocycles. The summed E-state index contributed by atoms with van der Waals surface area (Å²) in [5.74, 6) is 1.36. The molecule has 1 amide bonds. The SMILES string of the molecule is COc1cc(CN(C)C(=O)CC(C)N)ccc1OCc1ccccc1. The van der Waals surface area contributed by atoms with Crippen LogP contribution in [0.3, 0.4) is 0 Å². The maximum absolute atomic E-state index is 12.0. The second-order valence-corrected chi connectivity index (χ2v) is 6.19. The second kappa shape index (κ2) is 9.08. The van der Waals surface area contributed by atoms with Crippen molar-refractivity contribution in [3.63, 3.8) is 0 Å². The number of nitrogens with zero attached hydrogens (tertiary/aromatic N) is 1. The van der Waals surface area contributed by atoms with Crippen LogP contribution in [0.4, 0.5) is 0 Å². The van der Waals surface area contributed by atoms with E-state index >= 15 is 0 Å². The number of benzene rings is 2. The molecule has 0 aliphatic rings. The maximum Gasteiger partial charge on any atom is 0.224 e. The van der Waals surface area contributed by atoms with Crippen molar-refractivity contribution in [2.45, 2.75) is 32.5 Å². The quantitative estimate of drug-likeness (QED) is 0.801. The molecule has 0 spiro atoms. The highest BCUT2D eigenvalue weighted by Gasteiger charge is 2.13. The van der Waals surface area contributed by atoms with Gasteiger partial charge in [0.05, 0.1) is 7.11 Å². The second-order valence-electron chi connectivity index (χ2n) is 6.19. The first-order chi connectivity index (χ1) is 12.0. The zero-order chi connectivity index (χ0) is 18.2. The molecule has 2 rings (SSSR count). The summed E-state index contributed by atoms with van der Waals surface area (Å²) in [6.45, 7) is 2.80. The summed E-state index contributed by atoms with van der Waals surface area (Å²) in [6.07, 6.45) is 0.339. The van der Waals surface area contributed by atoms with E-state index in [1.54, 1.807) is 19.1 Å². The first kappa shape index (κ1) is 18.8. The lowest BCUT2D eigenvalue weighted by atomic mass is 10.1.